The van der Waals surface area contributed by atoms with Gasteiger partial charge in [0.05, 0.1) is 150 Å². The topological polar surface area (TPSA) is 538 Å². The molecule has 36 heteroatoms. The molecule has 4 amide bonds. The number of rotatable bonds is 54. The number of amides is 4. The molecule has 0 aromatic heterocycles. The zero-order chi connectivity index (χ0) is 66.5. The molecule has 0 aromatic rings. The maximum absolute atomic E-state index is 13.6. The molecule has 36 nitrogen and oxygen atoms in total. The number of nitrogens with two attached hydrogens (primary N) is 5. The molecule has 518 valence electrons. The van der Waals surface area contributed by atoms with Crippen LogP contribution in [-0.2, 0) is 90.4 Å². The molecule has 2 heterocycles. The number of ether oxygens (including phenoxy) is 12. The van der Waals surface area contributed by atoms with Crippen LogP contribution in [0.3, 0.4) is 0 Å². The van der Waals surface area contributed by atoms with Crippen LogP contribution < -0.4 is 44.8 Å². The van der Waals surface area contributed by atoms with Gasteiger partial charge in [-0.1, -0.05) is 6.92 Å². The van der Waals surface area contributed by atoms with E-state index in [0.29, 0.717) is 118 Å². The molecular formula is C54H97N11O25. The van der Waals surface area contributed by atoms with Crippen molar-refractivity contribution in [2.24, 2.45) is 44.7 Å². The third-order valence-electron chi connectivity index (χ3n) is 13.0. The Kier molecular flexibility index (Phi) is 43.1. The van der Waals surface area contributed by atoms with Crippen LogP contribution in [0.5, 0.6) is 0 Å². The molecule has 0 bridgehead atoms. The number of aliphatic imine (C=N–C) groups is 2. The Hall–Kier alpha value is -6.20. The first-order valence-corrected chi connectivity index (χ1v) is 29.5. The minimum Gasteiger partial charge on any atom is -0.480 e. The highest BCUT2D eigenvalue weighted by Crippen LogP contribution is 2.31. The number of hydrogen-bond acceptors (Lipinski definition) is 26. The van der Waals surface area contributed by atoms with Crippen molar-refractivity contribution >= 4 is 47.5 Å². The summed E-state index contributed by atoms with van der Waals surface area (Å²) in [5, 5.41) is 68.4. The van der Waals surface area contributed by atoms with Gasteiger partial charge in [-0.15, -0.1) is 0 Å². The Labute approximate surface area is 522 Å². The molecule has 10 atom stereocenters. The summed E-state index contributed by atoms with van der Waals surface area (Å²) in [6.45, 7) is 6.55. The highest BCUT2D eigenvalue weighted by atomic mass is 16.6. The molecule has 2 aliphatic heterocycles. The number of carbonyl (C=O) groups is 6. The summed E-state index contributed by atoms with van der Waals surface area (Å²) in [5.74, 6) is -2.80. The van der Waals surface area contributed by atoms with Gasteiger partial charge in [-0.05, 0) is 37.8 Å². The van der Waals surface area contributed by atoms with E-state index in [1.165, 1.54) is 6.08 Å². The Bertz CT molecular complexity index is 2180. The van der Waals surface area contributed by atoms with Crippen molar-refractivity contribution in [3.05, 3.63) is 23.7 Å². The number of aliphatic hydroxyl groups excluding tert-OH is 4. The fraction of sp³-hybridized carbons (Fsp3) is 0.778. The normalized spacial score (nSPS) is 19.3. The molecule has 0 spiro atoms. The van der Waals surface area contributed by atoms with E-state index in [1.54, 1.807) is 11.8 Å². The number of nitrogens with one attached hydrogen (secondary N) is 3. The molecule has 19 N–H and O–H groups in total. The second kappa shape index (κ2) is 48.6. The smallest absolute Gasteiger partial charge is 0.370 e. The van der Waals surface area contributed by atoms with Crippen molar-refractivity contribution < 1.29 is 121 Å². The number of guanidine groups is 2. The van der Waals surface area contributed by atoms with Crippen LogP contribution in [0, 0.1) is 5.92 Å². The zero-order valence-electron chi connectivity index (χ0n) is 51.3. The lowest BCUT2D eigenvalue weighted by Gasteiger charge is -2.40. The Morgan fingerprint density at radius 3 is 1.31 bits per heavy atom. The van der Waals surface area contributed by atoms with E-state index >= 15 is 0 Å². The van der Waals surface area contributed by atoms with E-state index in [0.717, 1.165) is 13.0 Å². The quantitative estimate of drug-likeness (QED) is 0.0117. The van der Waals surface area contributed by atoms with Gasteiger partial charge in [-0.25, -0.2) is 25.5 Å². The molecule has 2 aliphatic rings. The lowest BCUT2D eigenvalue weighted by molar-refractivity contribution is -0.160. The van der Waals surface area contributed by atoms with Gasteiger partial charge in [0.25, 0.3) is 0 Å². The SMILES string of the molecule is CC(=O)N[C@H]1[C@H]([C@H](OCC(=O)NCCCCN(CCCCNC(=O)CO[C@@H]([C@@H]2OC(C(=O)O)=C[C@H](N=C(N)N)[C@H]2C)[C@H](O)CO)C(=O)CCOCCOCCOCCOCCOCCOCCOCCOCCON)[C@H](O)CO)OC(C(=O)O)=C[C@@H]1N=C(N)N. The summed E-state index contributed by atoms with van der Waals surface area (Å²) in [7, 11) is 0. The molecule has 0 aliphatic carbocycles. The lowest BCUT2D eigenvalue weighted by atomic mass is 9.87. The first kappa shape index (κ1) is 79.9. The molecule has 90 heavy (non-hydrogen) atoms. The minimum absolute atomic E-state index is 0.0233. The predicted molar refractivity (Wildman–Crippen MR) is 315 cm³/mol. The maximum Gasteiger partial charge on any atom is 0.370 e. The minimum atomic E-state index is -1.74. The fourth-order valence-corrected chi connectivity index (χ4v) is 8.65. The van der Waals surface area contributed by atoms with E-state index in [2.05, 4.69) is 30.8 Å². The van der Waals surface area contributed by atoms with Crippen molar-refractivity contribution in [3.63, 3.8) is 0 Å². The summed E-state index contributed by atoms with van der Waals surface area (Å²) < 4.78 is 66.5. The van der Waals surface area contributed by atoms with E-state index < -0.39 is 134 Å². The molecule has 0 aromatic carbocycles. The highest BCUT2D eigenvalue weighted by Gasteiger charge is 2.46. The first-order valence-electron chi connectivity index (χ1n) is 29.5. The van der Waals surface area contributed by atoms with E-state index in [-0.39, 0.29) is 64.3 Å². The van der Waals surface area contributed by atoms with Gasteiger partial charge in [0.1, 0.15) is 43.7 Å². The van der Waals surface area contributed by atoms with Crippen molar-refractivity contribution in [2.45, 2.75) is 101 Å². The summed E-state index contributed by atoms with van der Waals surface area (Å²) in [6.07, 6.45) is -5.15. The van der Waals surface area contributed by atoms with Gasteiger partial charge >= 0.3 is 11.9 Å². The summed E-state index contributed by atoms with van der Waals surface area (Å²) in [4.78, 5) is 89.6. The van der Waals surface area contributed by atoms with Crippen molar-refractivity contribution in [3.8, 4) is 0 Å². The number of carboxylic acid groups (broad SMARTS) is 2. The molecule has 0 saturated carbocycles. The monoisotopic (exact) mass is 1300 g/mol. The van der Waals surface area contributed by atoms with Crippen LogP contribution in [0.15, 0.2) is 33.7 Å². The number of nitrogens with zero attached hydrogens (tertiary/aromatic N) is 3. The summed E-state index contributed by atoms with van der Waals surface area (Å²) in [6, 6.07) is -3.33. The van der Waals surface area contributed by atoms with Gasteiger partial charge < -0.3 is 136 Å². The summed E-state index contributed by atoms with van der Waals surface area (Å²) in [5.41, 5.74) is 22.2. The van der Waals surface area contributed by atoms with Crippen LogP contribution in [0.1, 0.15) is 46.0 Å². The number of carbonyl (C=O) groups excluding carboxylic acids is 4. The van der Waals surface area contributed by atoms with Crippen LogP contribution >= 0.6 is 0 Å². The standard InChI is InChI=1S/C54H97N11O25/c1-35-37(63-53(55)56)29-41(51(74)75)89-47(35)48(39(69)31-66)86-33-43(71)60-8-3-5-10-65(45(73)7-12-78-13-14-79-15-16-80-17-18-81-19-20-82-21-22-83-23-24-84-25-26-85-27-28-88-59)11-6-4-9-61-44(72)34-87-49(40(70)32-67)50-46(62-36(2)68)38(64-54(57)58)30-42(90-50)52(76)77/h29-30,35,37-40,46-50,66-67,69-70H,3-28,31-34,59H2,1-2H3,(H,60,71)(H,61,72)(H,62,68)(H,74,75)(H,76,77)(H4,55,56,63)(H4,57,58,64)/t35-,37+,38+,39-,40-,46-,47-,48-,49-,50-/m1/s1. The van der Waals surface area contributed by atoms with Gasteiger partial charge in [0.2, 0.25) is 35.1 Å². The van der Waals surface area contributed by atoms with E-state index in [1.807, 2.05) is 0 Å². The molecule has 2 rings (SSSR count). The third kappa shape index (κ3) is 34.8. The third-order valence-corrected chi connectivity index (χ3v) is 13.0. The van der Waals surface area contributed by atoms with Gasteiger partial charge in [0.15, 0.2) is 18.0 Å². The van der Waals surface area contributed by atoms with Gasteiger partial charge in [-0.2, -0.15) is 0 Å². The van der Waals surface area contributed by atoms with Crippen molar-refractivity contribution in [2.75, 3.05) is 165 Å². The molecule has 0 unspecified atom stereocenters. The largest absolute Gasteiger partial charge is 0.480 e. The number of hydrogen-bond donors (Lipinski definition) is 14. The van der Waals surface area contributed by atoms with Gasteiger partial charge in [0, 0.05) is 39.0 Å². The molecule has 0 saturated heterocycles. The summed E-state index contributed by atoms with van der Waals surface area (Å²) >= 11 is 0. The van der Waals surface area contributed by atoms with Crippen LogP contribution in [-0.4, -0.2) is 303 Å². The molecule has 0 radical (unpaired) electrons. The Morgan fingerprint density at radius 1 is 0.567 bits per heavy atom. The van der Waals surface area contributed by atoms with Crippen LogP contribution in [0.25, 0.3) is 0 Å². The fourth-order valence-electron chi connectivity index (χ4n) is 8.65. The second-order valence-electron chi connectivity index (χ2n) is 20.1. The van der Waals surface area contributed by atoms with E-state index in [4.69, 9.17) is 85.7 Å². The van der Waals surface area contributed by atoms with Crippen LogP contribution in [0.4, 0.5) is 0 Å². The molecular weight excluding hydrogens is 1200 g/mol. The zero-order valence-corrected chi connectivity index (χ0v) is 51.3. The van der Waals surface area contributed by atoms with Crippen molar-refractivity contribution in [1.82, 2.24) is 20.9 Å². The number of carboxylic acids is 2. The average molecular weight is 1300 g/mol. The van der Waals surface area contributed by atoms with E-state index in [9.17, 15) is 59.4 Å². The first-order chi connectivity index (χ1) is 43.2. The lowest BCUT2D eigenvalue weighted by Crippen LogP contribution is -2.60. The predicted octanol–water partition coefficient (Wildman–Crippen LogP) is -6.34. The number of aliphatic carboxylic acids is 2. The highest BCUT2D eigenvalue weighted by molar-refractivity contribution is 5.86. The van der Waals surface area contributed by atoms with Gasteiger partial charge in [-0.3, -0.25) is 19.2 Å². The number of aliphatic hydroxyl groups is 4. The molecule has 0 fully saturated rings. The number of unbranched alkanes of at least 4 members (excludes halogenated alkanes) is 2. The average Bonchev–Trinajstić information content (AvgIpc) is 0.859. The Balaban J connectivity index is 1.88. The Morgan fingerprint density at radius 2 is 0.933 bits per heavy atom. The second-order valence-corrected chi connectivity index (χ2v) is 20.1. The van der Waals surface area contributed by atoms with Crippen molar-refractivity contribution in [1.29, 1.82) is 0 Å². The maximum atomic E-state index is 13.6. The van der Waals surface area contributed by atoms with Crippen LogP contribution in [0.2, 0.25) is 0 Å².